The van der Waals surface area contributed by atoms with Gasteiger partial charge in [-0.15, -0.1) is 10.2 Å². The molecule has 1 heterocycles. The van der Waals surface area contributed by atoms with E-state index in [1.54, 1.807) is 6.92 Å². The van der Waals surface area contributed by atoms with Crippen molar-refractivity contribution in [2.45, 2.75) is 270 Å². The number of para-hydroxylation sites is 1. The smallest absolute Gasteiger partial charge is 0.306 e. The number of carbonyl (C=O) groups excluding carboxylic acids is 4. The molecule has 0 amide bonds. The molecule has 3 rings (SSSR count). The van der Waals surface area contributed by atoms with Gasteiger partial charge >= 0.3 is 23.9 Å². The first-order chi connectivity index (χ1) is 46.1. The molecule has 0 spiro atoms. The van der Waals surface area contributed by atoms with E-state index in [1.807, 2.05) is 56.0 Å². The Bertz CT molecular complexity index is 2900. The molecule has 1 aromatic heterocycles. The van der Waals surface area contributed by atoms with E-state index in [9.17, 15) is 43.1 Å². The number of unbranched alkanes of at least 4 members (excludes halogenated alkanes) is 8. The first kappa shape index (κ1) is 83.8. The molecule has 23 heteroatoms. The first-order valence-electron chi connectivity index (χ1n) is 35.4. The summed E-state index contributed by atoms with van der Waals surface area (Å²) in [4.78, 5) is 57.4. The van der Waals surface area contributed by atoms with Crippen LogP contribution < -0.4 is 20.1 Å². The van der Waals surface area contributed by atoms with Gasteiger partial charge in [0.2, 0.25) is 0 Å². The second-order valence-electron chi connectivity index (χ2n) is 25.7. The maximum absolute atomic E-state index is 14.3. The van der Waals surface area contributed by atoms with Gasteiger partial charge in [-0.05, 0) is 130 Å². The number of nitrogens with one attached hydrogen (secondary N) is 2. The number of hydrogen-bond donors (Lipinski definition) is 4. The Morgan fingerprint density at radius 3 is 1.61 bits per heavy atom. The van der Waals surface area contributed by atoms with Gasteiger partial charge in [0.15, 0.2) is 15.7 Å². The monoisotopic (exact) mass is 1360 g/mol. The normalized spacial score (nSPS) is 13.0. The lowest BCUT2D eigenvalue weighted by Gasteiger charge is -2.35. The molecule has 0 saturated heterocycles. The van der Waals surface area contributed by atoms with E-state index in [0.717, 1.165) is 89.9 Å². The lowest BCUT2D eigenvalue weighted by Crippen LogP contribution is -2.45. The minimum atomic E-state index is -4.03. The number of hydrogen-bond acceptors (Lipinski definition) is 22. The van der Waals surface area contributed by atoms with Crippen molar-refractivity contribution in [2.75, 3.05) is 76.7 Å². The molecule has 0 aliphatic rings. The van der Waals surface area contributed by atoms with Crippen LogP contribution in [0, 0.1) is 18.3 Å². The standard InChI is InChI=1S/C73H117N7O15S/c1-11-15-32-57(81)34-22-26-42-68(85)94-59(36-17-13-3)38-24-28-40-66(83)92-48-45-80(73(6,7)8)46-51-96(87,88)65-53-63(89-9)62(52-64(65)90-10)78-79-70-55(5)61(54-74)71(77-72(70)76-56-30-20-19-21-31-56)75-44-47-91-49-50-93-67(84)41-29-25-39-60(37-18-14-4)95-69(86)43-27-23-35-58(82)33-16-12-2/h19-21,30-31,52-53,57-60,81-82H,11-18,22-29,32-51H2,1-10H3,(H2,75,76,77). The van der Waals surface area contributed by atoms with E-state index < -0.39 is 15.4 Å². The van der Waals surface area contributed by atoms with Crippen molar-refractivity contribution in [3.8, 4) is 17.6 Å². The summed E-state index contributed by atoms with van der Waals surface area (Å²) in [5, 5.41) is 46.3. The predicted octanol–water partition coefficient (Wildman–Crippen LogP) is 15.4. The molecule has 2 aromatic carbocycles. The van der Waals surface area contributed by atoms with Crippen molar-refractivity contribution in [3.63, 3.8) is 0 Å². The maximum Gasteiger partial charge on any atom is 0.306 e. The minimum absolute atomic E-state index is 0.00776. The fourth-order valence-corrected chi connectivity index (χ4v) is 12.2. The molecule has 0 aliphatic heterocycles. The summed E-state index contributed by atoms with van der Waals surface area (Å²) < 4.78 is 68.4. The van der Waals surface area contributed by atoms with Gasteiger partial charge in [0.05, 0.1) is 51.0 Å². The van der Waals surface area contributed by atoms with Gasteiger partial charge in [-0.2, -0.15) is 5.26 Å². The number of ether oxygens (including phenoxy) is 7. The van der Waals surface area contributed by atoms with Gasteiger partial charge in [0.25, 0.3) is 0 Å². The molecular formula is C73H117N7O15S. The largest absolute Gasteiger partial charge is 0.495 e. The highest BCUT2D eigenvalue weighted by molar-refractivity contribution is 7.91. The van der Waals surface area contributed by atoms with Crippen molar-refractivity contribution in [1.82, 2.24) is 9.88 Å². The zero-order chi connectivity index (χ0) is 70.6. The van der Waals surface area contributed by atoms with E-state index in [1.165, 1.54) is 26.4 Å². The minimum Gasteiger partial charge on any atom is -0.495 e. The molecule has 4 N–H and O–H groups in total. The lowest BCUT2D eigenvalue weighted by molar-refractivity contribution is -0.151. The van der Waals surface area contributed by atoms with E-state index in [-0.39, 0.29) is 158 Å². The number of sulfone groups is 1. The molecule has 0 radical (unpaired) electrons. The number of aromatic nitrogens is 1. The fraction of sp³-hybridized carbons (Fsp3) is 0.699. The number of anilines is 3. The summed E-state index contributed by atoms with van der Waals surface area (Å²) in [5.41, 5.74) is 1.19. The third-order valence-electron chi connectivity index (χ3n) is 16.6. The summed E-state index contributed by atoms with van der Waals surface area (Å²) in [6, 6.07) is 14.3. The van der Waals surface area contributed by atoms with Crippen molar-refractivity contribution in [1.29, 1.82) is 5.26 Å². The third kappa shape index (κ3) is 34.2. The van der Waals surface area contributed by atoms with E-state index >= 15 is 0 Å². The number of azo groups is 1. The van der Waals surface area contributed by atoms with Crippen LogP contribution in [-0.2, 0) is 52.7 Å². The van der Waals surface area contributed by atoms with Crippen LogP contribution in [-0.4, -0.2) is 148 Å². The van der Waals surface area contributed by atoms with Crippen molar-refractivity contribution < 1.29 is 71.0 Å². The topological polar surface area (TPSA) is 296 Å². The Balaban J connectivity index is 1.59. The Kier molecular flexibility index (Phi) is 42.1. The third-order valence-corrected chi connectivity index (χ3v) is 18.4. The molecule has 0 aliphatic carbocycles. The van der Waals surface area contributed by atoms with Crippen LogP contribution >= 0.6 is 0 Å². The number of carbonyl (C=O) groups is 4. The number of nitrogens with zero attached hydrogens (tertiary/aromatic N) is 5. The summed E-state index contributed by atoms with van der Waals surface area (Å²) in [6.45, 7) is 17.1. The van der Waals surface area contributed by atoms with Gasteiger partial charge < -0.3 is 54.0 Å². The summed E-state index contributed by atoms with van der Waals surface area (Å²) in [7, 11) is -1.29. The van der Waals surface area contributed by atoms with E-state index in [0.29, 0.717) is 88.3 Å². The number of aliphatic hydroxyl groups excluding tert-OH is 2. The highest BCUT2D eigenvalue weighted by Gasteiger charge is 2.29. The molecular weight excluding hydrogens is 1250 g/mol. The maximum atomic E-state index is 14.3. The SMILES string of the molecule is CCCCC(O)CCCCC(=O)OC(CCCC)CCCCC(=O)OCCOCCNc1nc(Nc2ccccc2)c(N=Nc2cc(OC)c(S(=O)(=O)CCN(CCOC(=O)CCCCC(CCCC)OC(=O)CCCCC(O)CCCC)C(C)(C)C)cc2OC)c(C)c1C#N. The van der Waals surface area contributed by atoms with Crippen LogP contribution in [0.3, 0.4) is 0 Å². The second kappa shape index (κ2) is 48.3. The van der Waals surface area contributed by atoms with Crippen LogP contribution in [0.4, 0.5) is 28.7 Å². The molecule has 4 unspecified atom stereocenters. The van der Waals surface area contributed by atoms with Crippen LogP contribution in [0.25, 0.3) is 0 Å². The summed E-state index contributed by atoms with van der Waals surface area (Å²) >= 11 is 0. The average Bonchev–Trinajstić information content (AvgIpc) is 0.795. The van der Waals surface area contributed by atoms with Crippen LogP contribution in [0.5, 0.6) is 11.5 Å². The zero-order valence-electron chi connectivity index (χ0n) is 59.7. The molecule has 22 nitrogen and oxygen atoms in total. The number of nitriles is 1. The molecule has 540 valence electrons. The van der Waals surface area contributed by atoms with Gasteiger partial charge in [-0.1, -0.05) is 110 Å². The quantitative estimate of drug-likeness (QED) is 0.0177. The van der Waals surface area contributed by atoms with Crippen LogP contribution in [0.15, 0.2) is 57.6 Å². The van der Waals surface area contributed by atoms with Gasteiger partial charge in [0.1, 0.15) is 65.1 Å². The van der Waals surface area contributed by atoms with Crippen LogP contribution in [0.1, 0.15) is 239 Å². The van der Waals surface area contributed by atoms with Crippen molar-refractivity contribution in [2.24, 2.45) is 10.2 Å². The number of esters is 4. The molecule has 96 heavy (non-hydrogen) atoms. The average molecular weight is 1360 g/mol. The number of aliphatic hydroxyl groups is 2. The predicted molar refractivity (Wildman–Crippen MR) is 375 cm³/mol. The van der Waals surface area contributed by atoms with E-state index in [4.69, 9.17) is 38.1 Å². The number of methoxy groups -OCH3 is 2. The van der Waals surface area contributed by atoms with E-state index in [2.05, 4.69) is 54.6 Å². The van der Waals surface area contributed by atoms with Crippen molar-refractivity contribution >= 4 is 62.4 Å². The fourth-order valence-electron chi connectivity index (χ4n) is 10.8. The second-order valence-corrected chi connectivity index (χ2v) is 27.8. The molecule has 0 fully saturated rings. The first-order valence-corrected chi connectivity index (χ1v) is 37.1. The lowest BCUT2D eigenvalue weighted by atomic mass is 10.0. The van der Waals surface area contributed by atoms with Gasteiger partial charge in [-0.3, -0.25) is 24.1 Å². The molecule has 3 aromatic rings. The number of benzene rings is 2. The highest BCUT2D eigenvalue weighted by atomic mass is 32.2. The summed E-state index contributed by atoms with van der Waals surface area (Å²) in [5.74, 6) is -0.808. The van der Waals surface area contributed by atoms with Gasteiger partial charge in [0, 0.05) is 74.2 Å². The highest BCUT2D eigenvalue weighted by Crippen LogP contribution is 2.41. The zero-order valence-corrected chi connectivity index (χ0v) is 60.5. The van der Waals surface area contributed by atoms with Crippen molar-refractivity contribution in [3.05, 3.63) is 53.6 Å². The summed E-state index contributed by atoms with van der Waals surface area (Å²) in [6.07, 6.45) is 19.3. The van der Waals surface area contributed by atoms with Crippen LogP contribution in [0.2, 0.25) is 0 Å². The Morgan fingerprint density at radius 1 is 0.615 bits per heavy atom. The number of pyridine rings is 1. The molecule has 0 saturated carbocycles. The van der Waals surface area contributed by atoms with Gasteiger partial charge in [-0.25, -0.2) is 13.4 Å². The molecule has 4 atom stereocenters. The Hall–Kier alpha value is -6.45. The number of rotatable bonds is 54. The Morgan fingerprint density at radius 2 is 1.10 bits per heavy atom. The molecule has 0 bridgehead atoms. The Labute approximate surface area is 574 Å².